The maximum absolute atomic E-state index is 5.43. The first kappa shape index (κ1) is 8.41. The van der Waals surface area contributed by atoms with Crippen LogP contribution in [0.15, 0.2) is 0 Å². The quantitative estimate of drug-likeness (QED) is 0.584. The summed E-state index contributed by atoms with van der Waals surface area (Å²) in [5, 5.41) is 0. The maximum atomic E-state index is 5.43. The lowest BCUT2D eigenvalue weighted by Gasteiger charge is -2.22. The third-order valence-electron chi connectivity index (χ3n) is 1.67. The van der Waals surface area contributed by atoms with Crippen LogP contribution in [-0.4, -0.2) is 27.0 Å². The van der Waals surface area contributed by atoms with Crippen LogP contribution in [0, 0.1) is 0 Å². The van der Waals surface area contributed by atoms with Gasteiger partial charge in [-0.2, -0.15) is 13.6 Å². The monoisotopic (exact) mass is 165 g/mol. The van der Waals surface area contributed by atoms with Crippen molar-refractivity contribution in [2.45, 2.75) is 12.8 Å². The zero-order valence-electron chi connectivity index (χ0n) is 6.50. The Morgan fingerprint density at radius 1 is 1.20 bits per heavy atom. The predicted molar refractivity (Wildman–Crippen MR) is 41.0 cm³/mol. The highest BCUT2D eigenvalue weighted by Gasteiger charge is 2.44. The largest absolute Gasteiger partial charge is 0.410 e. The topological polar surface area (TPSA) is 27.7 Å². The van der Waals surface area contributed by atoms with E-state index in [0.29, 0.717) is 0 Å². The minimum absolute atomic E-state index is 0.787. The molecule has 3 nitrogen and oxygen atoms in total. The normalized spacial score (nSPS) is 24.6. The number of hydrogen-bond donors (Lipinski definition) is 0. The summed E-state index contributed by atoms with van der Waals surface area (Å²) in [6.07, 6.45) is 3.24. The van der Waals surface area contributed by atoms with Gasteiger partial charge in [-0.1, -0.05) is 0 Å². The van der Waals surface area contributed by atoms with Gasteiger partial charge in [-0.05, 0) is 12.8 Å². The highest BCUT2D eigenvalue weighted by molar-refractivity contribution is 7.61. The highest BCUT2D eigenvalue weighted by Crippen LogP contribution is 2.63. The van der Waals surface area contributed by atoms with Gasteiger partial charge in [-0.3, -0.25) is 0 Å². The lowest BCUT2D eigenvalue weighted by molar-refractivity contribution is 0.163. The molecule has 4 heteroatoms. The lowest BCUT2D eigenvalue weighted by atomic mass is 10.4. The minimum atomic E-state index is -1.85. The average molecular weight is 165 g/mol. The second kappa shape index (κ2) is 3.63. The molecule has 0 atom stereocenters. The Kier molecular flexibility index (Phi) is 3.05. The molecule has 0 bridgehead atoms. The van der Waals surface area contributed by atoms with E-state index >= 15 is 0 Å². The molecule has 0 amide bonds. The molecular formula is C6H14O3P+. The van der Waals surface area contributed by atoms with Gasteiger partial charge < -0.3 is 0 Å². The first-order chi connectivity index (χ1) is 4.83. The maximum Gasteiger partial charge on any atom is 0.410 e. The molecule has 1 rings (SSSR count). The molecule has 1 aliphatic heterocycles. The summed E-state index contributed by atoms with van der Waals surface area (Å²) in [6, 6.07) is 0. The lowest BCUT2D eigenvalue weighted by Crippen LogP contribution is -2.13. The molecule has 0 aromatic rings. The van der Waals surface area contributed by atoms with Gasteiger partial charge in [0.1, 0.15) is 6.16 Å². The van der Waals surface area contributed by atoms with Crippen molar-refractivity contribution in [3.05, 3.63) is 0 Å². The van der Waals surface area contributed by atoms with Crippen molar-refractivity contribution in [1.29, 1.82) is 0 Å². The fraction of sp³-hybridized carbons (Fsp3) is 1.00. The van der Waals surface area contributed by atoms with E-state index in [0.717, 1.165) is 25.6 Å². The van der Waals surface area contributed by atoms with Crippen LogP contribution in [0.2, 0.25) is 0 Å². The van der Waals surface area contributed by atoms with Gasteiger partial charge in [0.05, 0.1) is 20.8 Å². The van der Waals surface area contributed by atoms with E-state index in [1.165, 1.54) is 0 Å². The van der Waals surface area contributed by atoms with Crippen molar-refractivity contribution in [1.82, 2.24) is 0 Å². The van der Waals surface area contributed by atoms with E-state index in [-0.39, 0.29) is 0 Å². The molecule has 0 aromatic heterocycles. The first-order valence-electron chi connectivity index (χ1n) is 3.47. The molecule has 10 heavy (non-hydrogen) atoms. The smallest absolute Gasteiger partial charge is 0.181 e. The Morgan fingerprint density at radius 3 is 2.20 bits per heavy atom. The summed E-state index contributed by atoms with van der Waals surface area (Å²) in [5.74, 6) is 0. The Morgan fingerprint density at radius 2 is 1.90 bits per heavy atom. The van der Waals surface area contributed by atoms with Crippen LogP contribution in [0.1, 0.15) is 12.8 Å². The summed E-state index contributed by atoms with van der Waals surface area (Å²) in [6.45, 7) is 0.787. The van der Waals surface area contributed by atoms with E-state index in [1.54, 1.807) is 14.2 Å². The first-order valence-corrected chi connectivity index (χ1v) is 5.20. The van der Waals surface area contributed by atoms with E-state index in [2.05, 4.69) is 0 Å². The van der Waals surface area contributed by atoms with Gasteiger partial charge in [0.15, 0.2) is 0 Å². The molecule has 0 saturated carbocycles. The van der Waals surface area contributed by atoms with E-state index < -0.39 is 7.94 Å². The predicted octanol–water partition coefficient (Wildman–Crippen LogP) is 1.85. The van der Waals surface area contributed by atoms with Gasteiger partial charge in [0.2, 0.25) is 0 Å². The third kappa shape index (κ3) is 1.67. The fourth-order valence-electron chi connectivity index (χ4n) is 1.04. The number of rotatable bonds is 2. The number of hydrogen-bond acceptors (Lipinski definition) is 3. The van der Waals surface area contributed by atoms with Gasteiger partial charge in [-0.25, -0.2) is 0 Å². The standard InChI is InChI=1S/C6H14O3P/c1-7-10(8-2)6-4-3-5-9-10/h3-6H2,1-2H3/q+1. The van der Waals surface area contributed by atoms with Crippen LogP contribution in [0.3, 0.4) is 0 Å². The summed E-state index contributed by atoms with van der Waals surface area (Å²) in [5.41, 5.74) is 0. The zero-order chi connectivity index (χ0) is 7.45. The van der Waals surface area contributed by atoms with E-state index in [4.69, 9.17) is 13.6 Å². The molecule has 0 spiro atoms. The average Bonchev–Trinajstić information content (AvgIpc) is 2.06. The van der Waals surface area contributed by atoms with Crippen LogP contribution in [0.5, 0.6) is 0 Å². The van der Waals surface area contributed by atoms with Crippen molar-refractivity contribution in [2.24, 2.45) is 0 Å². The van der Waals surface area contributed by atoms with Crippen molar-refractivity contribution in [3.63, 3.8) is 0 Å². The van der Waals surface area contributed by atoms with Crippen LogP contribution >= 0.6 is 7.94 Å². The van der Waals surface area contributed by atoms with E-state index in [9.17, 15) is 0 Å². The van der Waals surface area contributed by atoms with Crippen LogP contribution in [0.4, 0.5) is 0 Å². The van der Waals surface area contributed by atoms with Gasteiger partial charge in [0.25, 0.3) is 0 Å². The molecule has 1 aliphatic rings. The molecule has 60 valence electrons. The molecular weight excluding hydrogens is 151 g/mol. The summed E-state index contributed by atoms with van der Waals surface area (Å²) < 4.78 is 15.8. The molecule has 0 aliphatic carbocycles. The molecule has 0 radical (unpaired) electrons. The minimum Gasteiger partial charge on any atom is -0.181 e. The molecule has 0 N–H and O–H groups in total. The van der Waals surface area contributed by atoms with Crippen LogP contribution in [-0.2, 0) is 13.6 Å². The van der Waals surface area contributed by atoms with Crippen molar-refractivity contribution < 1.29 is 13.6 Å². The summed E-state index contributed by atoms with van der Waals surface area (Å²) in [4.78, 5) is 0. The Hall–Kier alpha value is 0.310. The third-order valence-corrected chi connectivity index (χ3v) is 4.22. The van der Waals surface area contributed by atoms with Crippen molar-refractivity contribution in [2.75, 3.05) is 27.0 Å². The van der Waals surface area contributed by atoms with Crippen molar-refractivity contribution >= 4 is 7.94 Å². The molecule has 0 unspecified atom stereocenters. The zero-order valence-corrected chi connectivity index (χ0v) is 7.39. The summed E-state index contributed by atoms with van der Waals surface area (Å²) in [7, 11) is 1.46. The molecule has 1 heterocycles. The Balaban J connectivity index is 2.44. The van der Waals surface area contributed by atoms with E-state index in [1.807, 2.05) is 0 Å². The molecule has 1 saturated heterocycles. The van der Waals surface area contributed by atoms with Gasteiger partial charge in [-0.15, -0.1) is 0 Å². The van der Waals surface area contributed by atoms with Gasteiger partial charge >= 0.3 is 7.94 Å². The fourth-order valence-corrected chi connectivity index (χ4v) is 2.91. The second-order valence-electron chi connectivity index (χ2n) is 2.24. The Bertz CT molecular complexity index is 95.2. The SMILES string of the molecule is CO[P+]1(OC)CCCCO1. The summed E-state index contributed by atoms with van der Waals surface area (Å²) >= 11 is 0. The van der Waals surface area contributed by atoms with Gasteiger partial charge in [0, 0.05) is 0 Å². The molecule has 1 fully saturated rings. The Labute approximate surface area is 62.2 Å². The highest BCUT2D eigenvalue weighted by atomic mass is 31.2. The van der Waals surface area contributed by atoms with Crippen molar-refractivity contribution in [3.8, 4) is 0 Å². The second-order valence-corrected chi connectivity index (χ2v) is 4.90. The van der Waals surface area contributed by atoms with Crippen LogP contribution < -0.4 is 0 Å². The van der Waals surface area contributed by atoms with Crippen LogP contribution in [0.25, 0.3) is 0 Å². The molecule has 0 aromatic carbocycles.